The van der Waals surface area contributed by atoms with E-state index in [1.807, 2.05) is 0 Å². The minimum Gasteiger partial charge on any atom is -0.309 e. The van der Waals surface area contributed by atoms with Gasteiger partial charge in [0.15, 0.2) is 0 Å². The van der Waals surface area contributed by atoms with E-state index in [1.54, 1.807) is 13.0 Å². The zero-order chi connectivity index (χ0) is 8.43. The predicted octanol–water partition coefficient (Wildman–Crippen LogP) is 0.113. The molecule has 1 fully saturated rings. The second-order valence-corrected chi connectivity index (χ2v) is 2.41. The van der Waals surface area contributed by atoms with Gasteiger partial charge in [-0.1, -0.05) is 6.08 Å². The summed E-state index contributed by atoms with van der Waals surface area (Å²) in [6.07, 6.45) is 1.59. The van der Waals surface area contributed by atoms with Crippen molar-refractivity contribution in [2.24, 2.45) is 0 Å². The molecule has 0 aromatic heterocycles. The summed E-state index contributed by atoms with van der Waals surface area (Å²) in [6.45, 7) is 5.58. The number of hydrogen-bond acceptors (Lipinski definition) is 2. The second-order valence-electron chi connectivity index (χ2n) is 2.41. The molecule has 0 saturated carbocycles. The largest absolute Gasteiger partial charge is 0.325 e. The normalized spacial score (nSPS) is 23.7. The Bertz CT molecular complexity index is 212. The number of rotatable bonds is 2. The minimum absolute atomic E-state index is 0.239. The lowest BCUT2D eigenvalue weighted by Crippen LogP contribution is -2.32. The first-order chi connectivity index (χ1) is 5.16. The second kappa shape index (κ2) is 2.74. The van der Waals surface area contributed by atoms with Crippen LogP contribution in [0, 0.1) is 0 Å². The van der Waals surface area contributed by atoms with Gasteiger partial charge in [0.25, 0.3) is 5.91 Å². The third kappa shape index (κ3) is 1.24. The van der Waals surface area contributed by atoms with Gasteiger partial charge in [-0.15, -0.1) is 6.58 Å². The fraction of sp³-hybridized carbons (Fsp3) is 0.429. The SMILES string of the molecule is C=CCN1C(=O)NC(=O)C1C. The van der Waals surface area contributed by atoms with Gasteiger partial charge >= 0.3 is 6.03 Å². The number of nitrogens with one attached hydrogen (secondary N) is 1. The monoisotopic (exact) mass is 154 g/mol. The topological polar surface area (TPSA) is 49.4 Å². The average Bonchev–Trinajstić information content (AvgIpc) is 2.17. The van der Waals surface area contributed by atoms with Gasteiger partial charge in [0.1, 0.15) is 6.04 Å². The summed E-state index contributed by atoms with van der Waals surface area (Å²) in [7, 11) is 0. The highest BCUT2D eigenvalue weighted by atomic mass is 16.2. The van der Waals surface area contributed by atoms with Crippen LogP contribution in [0.25, 0.3) is 0 Å². The molecular formula is C7H10N2O2. The third-order valence-corrected chi connectivity index (χ3v) is 1.66. The summed E-state index contributed by atoms with van der Waals surface area (Å²) in [5, 5.41) is 2.20. The summed E-state index contributed by atoms with van der Waals surface area (Å²) >= 11 is 0. The number of nitrogens with zero attached hydrogens (tertiary/aromatic N) is 1. The van der Waals surface area contributed by atoms with Gasteiger partial charge in [-0.2, -0.15) is 0 Å². The van der Waals surface area contributed by atoms with Gasteiger partial charge in [0, 0.05) is 6.54 Å². The van der Waals surface area contributed by atoms with Crippen molar-refractivity contribution in [3.8, 4) is 0 Å². The fourth-order valence-electron chi connectivity index (χ4n) is 0.979. The van der Waals surface area contributed by atoms with Gasteiger partial charge in [-0.05, 0) is 6.92 Å². The van der Waals surface area contributed by atoms with E-state index in [2.05, 4.69) is 11.9 Å². The van der Waals surface area contributed by atoms with Gasteiger partial charge < -0.3 is 4.90 Å². The molecule has 60 valence electrons. The van der Waals surface area contributed by atoms with Gasteiger partial charge in [0.2, 0.25) is 0 Å². The minimum atomic E-state index is -0.361. The Hall–Kier alpha value is -1.32. The maximum absolute atomic E-state index is 10.9. The highest BCUT2D eigenvalue weighted by Gasteiger charge is 2.33. The fourth-order valence-corrected chi connectivity index (χ4v) is 0.979. The van der Waals surface area contributed by atoms with Crippen LogP contribution >= 0.6 is 0 Å². The molecule has 1 saturated heterocycles. The molecule has 1 heterocycles. The van der Waals surface area contributed by atoms with Crippen LogP contribution in [0.15, 0.2) is 12.7 Å². The molecule has 0 spiro atoms. The van der Waals surface area contributed by atoms with Crippen molar-refractivity contribution in [1.29, 1.82) is 0 Å². The lowest BCUT2D eigenvalue weighted by Gasteiger charge is -2.14. The first-order valence-corrected chi connectivity index (χ1v) is 3.39. The van der Waals surface area contributed by atoms with Crippen LogP contribution < -0.4 is 5.32 Å². The lowest BCUT2D eigenvalue weighted by atomic mass is 10.3. The van der Waals surface area contributed by atoms with Crippen LogP contribution in [0.4, 0.5) is 4.79 Å². The first kappa shape index (κ1) is 7.78. The van der Waals surface area contributed by atoms with E-state index in [9.17, 15) is 9.59 Å². The molecular weight excluding hydrogens is 144 g/mol. The molecule has 1 rings (SSSR count). The highest BCUT2D eigenvalue weighted by Crippen LogP contribution is 2.06. The van der Waals surface area contributed by atoms with E-state index >= 15 is 0 Å². The molecule has 1 unspecified atom stereocenters. The molecule has 11 heavy (non-hydrogen) atoms. The van der Waals surface area contributed by atoms with Gasteiger partial charge in [-0.3, -0.25) is 10.1 Å². The van der Waals surface area contributed by atoms with Crippen molar-refractivity contribution in [3.63, 3.8) is 0 Å². The number of hydrogen-bond donors (Lipinski definition) is 1. The van der Waals surface area contributed by atoms with Crippen molar-refractivity contribution in [2.75, 3.05) is 6.54 Å². The molecule has 1 atom stereocenters. The molecule has 1 aliphatic rings. The molecule has 0 aromatic rings. The van der Waals surface area contributed by atoms with Crippen molar-refractivity contribution in [3.05, 3.63) is 12.7 Å². The molecule has 3 amide bonds. The Morgan fingerprint density at radius 2 is 2.36 bits per heavy atom. The Morgan fingerprint density at radius 3 is 2.73 bits per heavy atom. The summed E-state index contributed by atoms with van der Waals surface area (Å²) in [5.41, 5.74) is 0. The Kier molecular flexibility index (Phi) is 1.94. The molecule has 4 nitrogen and oxygen atoms in total. The number of urea groups is 1. The number of carbonyl (C=O) groups is 2. The van der Waals surface area contributed by atoms with Crippen LogP contribution in [0.3, 0.4) is 0 Å². The van der Waals surface area contributed by atoms with Crippen molar-refractivity contribution >= 4 is 11.9 Å². The molecule has 1 N–H and O–H groups in total. The Labute approximate surface area is 64.9 Å². The molecule has 0 aliphatic carbocycles. The van der Waals surface area contributed by atoms with E-state index in [4.69, 9.17) is 0 Å². The highest BCUT2D eigenvalue weighted by molar-refractivity contribution is 6.03. The van der Waals surface area contributed by atoms with Crippen molar-refractivity contribution in [2.45, 2.75) is 13.0 Å². The van der Waals surface area contributed by atoms with Crippen molar-refractivity contribution < 1.29 is 9.59 Å². The summed E-state index contributed by atoms with van der Waals surface area (Å²) < 4.78 is 0. The van der Waals surface area contributed by atoms with E-state index in [0.717, 1.165) is 0 Å². The van der Waals surface area contributed by atoms with Crippen LogP contribution in [0.1, 0.15) is 6.92 Å². The molecule has 0 aromatic carbocycles. The zero-order valence-electron chi connectivity index (χ0n) is 6.33. The summed E-state index contributed by atoms with van der Waals surface area (Å²) in [5.74, 6) is -0.239. The molecule has 4 heteroatoms. The average molecular weight is 154 g/mol. The number of carbonyl (C=O) groups excluding carboxylic acids is 2. The summed E-state index contributed by atoms with van der Waals surface area (Å²) in [6, 6.07) is -0.692. The van der Waals surface area contributed by atoms with Crippen molar-refractivity contribution in [1.82, 2.24) is 10.2 Å². The standard InChI is InChI=1S/C7H10N2O2/c1-3-4-9-5(2)6(10)8-7(9)11/h3,5H,1,4H2,2H3,(H,8,10,11). The molecule has 0 bridgehead atoms. The third-order valence-electron chi connectivity index (χ3n) is 1.66. The zero-order valence-corrected chi connectivity index (χ0v) is 6.33. The van der Waals surface area contributed by atoms with Gasteiger partial charge in [0.05, 0.1) is 0 Å². The van der Waals surface area contributed by atoms with Crippen LogP contribution in [0.2, 0.25) is 0 Å². The maximum Gasteiger partial charge on any atom is 0.325 e. The van der Waals surface area contributed by atoms with E-state index in [0.29, 0.717) is 6.54 Å². The number of amides is 3. The summed E-state index contributed by atoms with van der Waals surface area (Å²) in [4.78, 5) is 23.2. The van der Waals surface area contributed by atoms with E-state index in [-0.39, 0.29) is 18.0 Å². The smallest absolute Gasteiger partial charge is 0.309 e. The lowest BCUT2D eigenvalue weighted by molar-refractivity contribution is -0.120. The van der Waals surface area contributed by atoms with Crippen LogP contribution in [-0.2, 0) is 4.79 Å². The maximum atomic E-state index is 10.9. The molecule has 1 aliphatic heterocycles. The quantitative estimate of drug-likeness (QED) is 0.453. The first-order valence-electron chi connectivity index (χ1n) is 3.39. The Morgan fingerprint density at radius 1 is 1.73 bits per heavy atom. The van der Waals surface area contributed by atoms with Crippen LogP contribution in [0.5, 0.6) is 0 Å². The van der Waals surface area contributed by atoms with Crippen LogP contribution in [-0.4, -0.2) is 29.4 Å². The Balaban J connectivity index is 2.70. The van der Waals surface area contributed by atoms with E-state index < -0.39 is 0 Å². The number of imide groups is 1. The predicted molar refractivity (Wildman–Crippen MR) is 39.9 cm³/mol. The van der Waals surface area contributed by atoms with Gasteiger partial charge in [-0.25, -0.2) is 4.79 Å². The molecule has 0 radical (unpaired) electrons. The van der Waals surface area contributed by atoms with E-state index in [1.165, 1.54) is 4.90 Å².